The Morgan fingerprint density at radius 3 is 2.59 bits per heavy atom. The first kappa shape index (κ1) is 10.7. The third kappa shape index (κ3) is 1.72. The van der Waals surface area contributed by atoms with Crippen LogP contribution >= 0.6 is 0 Å². The van der Waals surface area contributed by atoms with E-state index in [0.717, 1.165) is 29.9 Å². The summed E-state index contributed by atoms with van der Waals surface area (Å²) in [7, 11) is 0. The number of imidazole rings is 1. The van der Waals surface area contributed by atoms with E-state index in [9.17, 15) is 0 Å². The molecule has 2 heterocycles. The van der Waals surface area contributed by atoms with Crippen molar-refractivity contribution in [3.8, 4) is 0 Å². The maximum Gasteiger partial charge on any atom is 0.153 e. The van der Waals surface area contributed by atoms with Gasteiger partial charge in [0.25, 0.3) is 0 Å². The summed E-state index contributed by atoms with van der Waals surface area (Å²) in [5, 5.41) is 4.57. The lowest BCUT2D eigenvalue weighted by Gasteiger charge is -2.13. The largest absolute Gasteiger partial charge is 0.320 e. The Labute approximate surface area is 101 Å². The van der Waals surface area contributed by atoms with Crippen LogP contribution in [0.25, 0.3) is 5.65 Å². The van der Waals surface area contributed by atoms with E-state index in [-0.39, 0.29) is 11.0 Å². The molecule has 90 valence electrons. The van der Waals surface area contributed by atoms with Crippen LogP contribution in [0.1, 0.15) is 45.0 Å². The molecule has 4 nitrogen and oxygen atoms in total. The van der Waals surface area contributed by atoms with Gasteiger partial charge in [-0.3, -0.25) is 0 Å². The first-order valence-corrected chi connectivity index (χ1v) is 6.05. The Bertz CT molecular complexity index is 569. The Kier molecular flexibility index (Phi) is 1.94. The molecule has 0 atom stereocenters. The highest BCUT2D eigenvalue weighted by Crippen LogP contribution is 2.41. The molecule has 1 fully saturated rings. The molecule has 0 spiro atoms. The number of fused-ring (bicyclic) bond motifs is 1. The predicted molar refractivity (Wildman–Crippen MR) is 66.8 cm³/mol. The normalized spacial score (nSPS) is 18.6. The van der Waals surface area contributed by atoms with Gasteiger partial charge in [-0.05, 0) is 25.0 Å². The number of nitrogens with two attached hydrogens (primary N) is 1. The molecule has 0 bridgehead atoms. The quantitative estimate of drug-likeness (QED) is 0.815. The third-order valence-electron chi connectivity index (χ3n) is 3.39. The molecule has 0 radical (unpaired) electrons. The number of nitrogens with zero attached hydrogens (tertiary/aromatic N) is 3. The maximum absolute atomic E-state index is 6.16. The van der Waals surface area contributed by atoms with Gasteiger partial charge in [0.1, 0.15) is 0 Å². The molecule has 0 unspecified atom stereocenters. The van der Waals surface area contributed by atoms with E-state index in [2.05, 4.69) is 30.9 Å². The van der Waals surface area contributed by atoms with Gasteiger partial charge >= 0.3 is 0 Å². The number of rotatable bonds is 1. The molecular formula is C13H18N4. The van der Waals surface area contributed by atoms with Crippen molar-refractivity contribution in [3.05, 3.63) is 29.7 Å². The second-order valence-corrected chi connectivity index (χ2v) is 6.05. The number of hydrogen-bond acceptors (Lipinski definition) is 3. The van der Waals surface area contributed by atoms with Gasteiger partial charge in [0.2, 0.25) is 0 Å². The van der Waals surface area contributed by atoms with E-state index in [0.29, 0.717) is 0 Å². The molecule has 1 aliphatic rings. The summed E-state index contributed by atoms with van der Waals surface area (Å²) in [4.78, 5) is 4.59. The molecule has 4 heteroatoms. The number of aromatic nitrogens is 3. The topological polar surface area (TPSA) is 56.2 Å². The minimum Gasteiger partial charge on any atom is -0.320 e. The second-order valence-electron chi connectivity index (χ2n) is 6.05. The van der Waals surface area contributed by atoms with Crippen molar-refractivity contribution in [1.82, 2.24) is 14.6 Å². The summed E-state index contributed by atoms with van der Waals surface area (Å²) in [6.45, 7) is 6.46. The van der Waals surface area contributed by atoms with Crippen molar-refractivity contribution in [2.75, 3.05) is 0 Å². The first-order chi connectivity index (χ1) is 7.88. The molecule has 1 saturated carbocycles. The molecule has 1 aliphatic carbocycles. The monoisotopic (exact) mass is 230 g/mol. The molecule has 17 heavy (non-hydrogen) atoms. The summed E-state index contributed by atoms with van der Waals surface area (Å²) in [6, 6.07) is 4.01. The molecule has 2 aromatic heterocycles. The highest BCUT2D eigenvalue weighted by Gasteiger charge is 2.41. The summed E-state index contributed by atoms with van der Waals surface area (Å²) < 4.78 is 1.85. The number of hydrogen-bond donors (Lipinski definition) is 1. The van der Waals surface area contributed by atoms with Gasteiger partial charge in [-0.1, -0.05) is 20.8 Å². The molecule has 0 aromatic carbocycles. The molecule has 2 aromatic rings. The van der Waals surface area contributed by atoms with E-state index in [1.54, 1.807) is 0 Å². The maximum atomic E-state index is 6.16. The van der Waals surface area contributed by atoms with Gasteiger partial charge in [-0.2, -0.15) is 5.10 Å². The van der Waals surface area contributed by atoms with Crippen LogP contribution in [0, 0.1) is 0 Å². The van der Waals surface area contributed by atoms with Gasteiger partial charge in [0, 0.05) is 5.41 Å². The molecular weight excluding hydrogens is 212 g/mol. The lowest BCUT2D eigenvalue weighted by atomic mass is 9.93. The van der Waals surface area contributed by atoms with Crippen LogP contribution in [0.5, 0.6) is 0 Å². The van der Waals surface area contributed by atoms with E-state index in [1.165, 1.54) is 0 Å². The highest BCUT2D eigenvalue weighted by atomic mass is 15.3. The van der Waals surface area contributed by atoms with Crippen LogP contribution in [0.2, 0.25) is 0 Å². The zero-order valence-electron chi connectivity index (χ0n) is 10.6. The summed E-state index contributed by atoms with van der Waals surface area (Å²) in [6.07, 6.45) is 4.07. The summed E-state index contributed by atoms with van der Waals surface area (Å²) in [5.41, 5.74) is 8.95. The Morgan fingerprint density at radius 1 is 1.29 bits per heavy atom. The zero-order valence-corrected chi connectivity index (χ0v) is 10.6. The average molecular weight is 230 g/mol. The molecule has 2 N–H and O–H groups in total. The molecule has 0 amide bonds. The van der Waals surface area contributed by atoms with Gasteiger partial charge in [0.15, 0.2) is 5.65 Å². The van der Waals surface area contributed by atoms with E-state index in [1.807, 2.05) is 22.8 Å². The third-order valence-corrected chi connectivity index (χ3v) is 3.39. The summed E-state index contributed by atoms with van der Waals surface area (Å²) in [5.74, 6) is 0. The fourth-order valence-electron chi connectivity index (χ4n) is 1.90. The van der Waals surface area contributed by atoms with Gasteiger partial charge in [-0.25, -0.2) is 9.50 Å². The minimum atomic E-state index is -0.180. The lowest BCUT2D eigenvalue weighted by molar-refractivity contribution is 0.572. The van der Waals surface area contributed by atoms with Crippen LogP contribution in [0.3, 0.4) is 0 Å². The van der Waals surface area contributed by atoms with Crippen molar-refractivity contribution in [2.24, 2.45) is 5.73 Å². The second kappa shape index (κ2) is 3.07. The summed E-state index contributed by atoms with van der Waals surface area (Å²) >= 11 is 0. The average Bonchev–Trinajstić information content (AvgIpc) is 2.85. The molecule has 0 aliphatic heterocycles. The van der Waals surface area contributed by atoms with E-state index >= 15 is 0 Å². The van der Waals surface area contributed by atoms with Crippen molar-refractivity contribution in [1.29, 1.82) is 0 Å². The lowest BCUT2D eigenvalue weighted by Crippen LogP contribution is -2.21. The Balaban J connectivity index is 2.11. The smallest absolute Gasteiger partial charge is 0.153 e. The molecule has 3 rings (SSSR count). The van der Waals surface area contributed by atoms with Gasteiger partial charge in [0.05, 0.1) is 23.1 Å². The minimum absolute atomic E-state index is 0.0495. The van der Waals surface area contributed by atoms with Crippen LogP contribution in [-0.4, -0.2) is 14.6 Å². The highest BCUT2D eigenvalue weighted by molar-refractivity contribution is 5.41. The fraction of sp³-hybridized carbons (Fsp3) is 0.538. The van der Waals surface area contributed by atoms with Crippen molar-refractivity contribution >= 4 is 5.65 Å². The Morgan fingerprint density at radius 2 is 2.00 bits per heavy atom. The van der Waals surface area contributed by atoms with Gasteiger partial charge < -0.3 is 5.73 Å². The van der Waals surface area contributed by atoms with Crippen LogP contribution < -0.4 is 5.73 Å². The van der Waals surface area contributed by atoms with Crippen LogP contribution in [0.15, 0.2) is 18.3 Å². The fourth-order valence-corrected chi connectivity index (χ4v) is 1.90. The first-order valence-electron chi connectivity index (χ1n) is 6.05. The van der Waals surface area contributed by atoms with Crippen LogP contribution in [-0.2, 0) is 11.0 Å². The van der Waals surface area contributed by atoms with E-state index in [4.69, 9.17) is 5.73 Å². The van der Waals surface area contributed by atoms with Gasteiger partial charge in [-0.15, -0.1) is 0 Å². The van der Waals surface area contributed by atoms with Crippen molar-refractivity contribution in [2.45, 2.75) is 44.6 Å². The SMILES string of the molecule is CC(C)(C)c1cn2nc(C3(N)CC3)ccc2n1. The standard InChI is InChI=1S/C13H18N4/c1-12(2,3)10-8-17-11(15-10)5-4-9(16-17)13(14)6-7-13/h4-5,8H,6-7,14H2,1-3H3. The van der Waals surface area contributed by atoms with Crippen molar-refractivity contribution < 1.29 is 0 Å². The van der Waals surface area contributed by atoms with Crippen LogP contribution in [0.4, 0.5) is 0 Å². The predicted octanol–water partition coefficient (Wildman–Crippen LogP) is 1.97. The van der Waals surface area contributed by atoms with E-state index < -0.39 is 0 Å². The Hall–Kier alpha value is -1.42. The van der Waals surface area contributed by atoms with Crippen molar-refractivity contribution in [3.63, 3.8) is 0 Å². The zero-order chi connectivity index (χ0) is 12.3. The molecule has 0 saturated heterocycles.